The maximum absolute atomic E-state index is 10.1. The van der Waals surface area contributed by atoms with E-state index in [1.807, 2.05) is 5.94 Å². The van der Waals surface area contributed by atoms with E-state index >= 15 is 0 Å². The number of allylic oxidation sites excluding steroid dienone is 1. The molecule has 0 aromatic rings. The first-order valence-corrected chi connectivity index (χ1v) is 3.59. The quantitative estimate of drug-likeness (QED) is 0.488. The lowest BCUT2D eigenvalue weighted by molar-refractivity contribution is 0.536. The van der Waals surface area contributed by atoms with Gasteiger partial charge in [0, 0.05) is 5.57 Å². The summed E-state index contributed by atoms with van der Waals surface area (Å²) in [6.45, 7) is 2.18. The fourth-order valence-corrected chi connectivity index (χ4v) is 1.37. The standard InChI is InChI=1S/C8H12O/c1-2-7-3-4-8(5-7)6-9/h7H,2-5H2,1H3. The molecule has 1 aliphatic rings. The summed E-state index contributed by atoms with van der Waals surface area (Å²) in [5.41, 5.74) is 1.00. The Labute approximate surface area is 55.8 Å². The van der Waals surface area contributed by atoms with Crippen molar-refractivity contribution in [1.29, 1.82) is 0 Å². The zero-order valence-electron chi connectivity index (χ0n) is 5.81. The zero-order valence-corrected chi connectivity index (χ0v) is 5.81. The fourth-order valence-electron chi connectivity index (χ4n) is 1.37. The summed E-state index contributed by atoms with van der Waals surface area (Å²) in [4.78, 5) is 10.1. The molecule has 1 rings (SSSR count). The van der Waals surface area contributed by atoms with E-state index in [0.29, 0.717) is 0 Å². The van der Waals surface area contributed by atoms with Crippen LogP contribution < -0.4 is 0 Å². The van der Waals surface area contributed by atoms with Gasteiger partial charge >= 0.3 is 0 Å². The van der Waals surface area contributed by atoms with Crippen LogP contribution in [0.25, 0.3) is 0 Å². The Balaban J connectivity index is 2.47. The van der Waals surface area contributed by atoms with Crippen LogP contribution in [0.4, 0.5) is 0 Å². The van der Waals surface area contributed by atoms with Crippen LogP contribution in [0.5, 0.6) is 0 Å². The van der Waals surface area contributed by atoms with E-state index in [4.69, 9.17) is 0 Å². The predicted octanol–water partition coefficient (Wildman–Crippen LogP) is 1.95. The van der Waals surface area contributed by atoms with Crippen molar-refractivity contribution < 1.29 is 4.79 Å². The van der Waals surface area contributed by atoms with E-state index in [-0.39, 0.29) is 0 Å². The monoisotopic (exact) mass is 124 g/mol. The van der Waals surface area contributed by atoms with Crippen molar-refractivity contribution in [2.24, 2.45) is 5.92 Å². The molecule has 1 fully saturated rings. The number of hydrogen-bond donors (Lipinski definition) is 0. The molecule has 1 unspecified atom stereocenters. The summed E-state index contributed by atoms with van der Waals surface area (Å²) in [7, 11) is 0. The average Bonchev–Trinajstić information content (AvgIpc) is 2.34. The normalized spacial score (nSPS) is 26.3. The molecule has 0 amide bonds. The maximum Gasteiger partial charge on any atom is 0.123 e. The van der Waals surface area contributed by atoms with Crippen LogP contribution in [0, 0.1) is 5.92 Å². The number of rotatable bonds is 1. The molecule has 1 nitrogen and oxygen atoms in total. The molecular weight excluding hydrogens is 112 g/mol. The summed E-state index contributed by atoms with van der Waals surface area (Å²) in [6.07, 6.45) is 4.44. The first-order chi connectivity index (χ1) is 4.36. The fraction of sp³-hybridized carbons (Fsp3) is 0.750. The van der Waals surface area contributed by atoms with Crippen LogP contribution in [0.3, 0.4) is 0 Å². The predicted molar refractivity (Wildman–Crippen MR) is 36.8 cm³/mol. The molecule has 0 aromatic heterocycles. The molecule has 0 aromatic carbocycles. The van der Waals surface area contributed by atoms with Crippen molar-refractivity contribution in [1.82, 2.24) is 0 Å². The van der Waals surface area contributed by atoms with E-state index in [9.17, 15) is 4.79 Å². The Morgan fingerprint density at radius 1 is 1.78 bits per heavy atom. The molecule has 1 atom stereocenters. The third-order valence-electron chi connectivity index (χ3n) is 2.11. The van der Waals surface area contributed by atoms with Crippen LogP contribution in [0.2, 0.25) is 0 Å². The molecule has 1 heteroatoms. The highest BCUT2D eigenvalue weighted by atomic mass is 16.1. The molecule has 0 N–H and O–H groups in total. The molecule has 0 bridgehead atoms. The minimum Gasteiger partial charge on any atom is -0.234 e. The lowest BCUT2D eigenvalue weighted by Crippen LogP contribution is -1.87. The van der Waals surface area contributed by atoms with Gasteiger partial charge in [-0.1, -0.05) is 13.3 Å². The first-order valence-electron chi connectivity index (χ1n) is 3.59. The highest BCUT2D eigenvalue weighted by molar-refractivity contribution is 5.53. The first kappa shape index (κ1) is 6.57. The van der Waals surface area contributed by atoms with Crippen molar-refractivity contribution >= 4 is 5.94 Å². The van der Waals surface area contributed by atoms with Gasteiger partial charge in [0.25, 0.3) is 0 Å². The highest BCUT2D eigenvalue weighted by Crippen LogP contribution is 2.30. The number of carbonyl (C=O) groups excluding carboxylic acids is 1. The van der Waals surface area contributed by atoms with Crippen molar-refractivity contribution in [2.75, 3.05) is 0 Å². The van der Waals surface area contributed by atoms with Gasteiger partial charge in [-0.15, -0.1) is 0 Å². The van der Waals surface area contributed by atoms with Crippen molar-refractivity contribution in [2.45, 2.75) is 32.6 Å². The van der Waals surface area contributed by atoms with Crippen molar-refractivity contribution in [3.05, 3.63) is 5.57 Å². The molecule has 0 spiro atoms. The van der Waals surface area contributed by atoms with Crippen molar-refractivity contribution in [3.8, 4) is 0 Å². The van der Waals surface area contributed by atoms with Crippen LogP contribution in [0.15, 0.2) is 5.57 Å². The minimum atomic E-state index is 0.779. The molecular formula is C8H12O. The maximum atomic E-state index is 10.1. The summed E-state index contributed by atoms with van der Waals surface area (Å²) >= 11 is 0. The molecule has 1 saturated carbocycles. The molecule has 50 valence electrons. The van der Waals surface area contributed by atoms with Gasteiger partial charge in [0.2, 0.25) is 0 Å². The second kappa shape index (κ2) is 2.84. The molecule has 0 heterocycles. The Hall–Kier alpha value is -0.550. The lowest BCUT2D eigenvalue weighted by atomic mass is 10.1. The molecule has 1 aliphatic carbocycles. The lowest BCUT2D eigenvalue weighted by Gasteiger charge is -1.99. The van der Waals surface area contributed by atoms with Crippen LogP contribution in [-0.2, 0) is 4.79 Å². The van der Waals surface area contributed by atoms with Crippen LogP contribution >= 0.6 is 0 Å². The van der Waals surface area contributed by atoms with E-state index < -0.39 is 0 Å². The third-order valence-corrected chi connectivity index (χ3v) is 2.11. The molecule has 0 saturated heterocycles. The average molecular weight is 124 g/mol. The van der Waals surface area contributed by atoms with E-state index in [1.165, 1.54) is 12.8 Å². The molecule has 0 aliphatic heterocycles. The van der Waals surface area contributed by atoms with Gasteiger partial charge < -0.3 is 0 Å². The second-order valence-electron chi connectivity index (χ2n) is 2.72. The summed E-state index contributed by atoms with van der Waals surface area (Å²) in [5, 5.41) is 0. The Morgan fingerprint density at radius 3 is 2.89 bits per heavy atom. The summed E-state index contributed by atoms with van der Waals surface area (Å²) in [6, 6.07) is 0. The number of hydrogen-bond acceptors (Lipinski definition) is 1. The van der Waals surface area contributed by atoms with Gasteiger partial charge in [0.05, 0.1) is 0 Å². The van der Waals surface area contributed by atoms with E-state index in [2.05, 4.69) is 6.92 Å². The largest absolute Gasteiger partial charge is 0.234 e. The van der Waals surface area contributed by atoms with Crippen LogP contribution in [0.1, 0.15) is 32.6 Å². The summed E-state index contributed by atoms with van der Waals surface area (Å²) in [5.74, 6) is 2.77. The third kappa shape index (κ3) is 1.43. The van der Waals surface area contributed by atoms with E-state index in [1.54, 1.807) is 0 Å². The van der Waals surface area contributed by atoms with Gasteiger partial charge in [-0.3, -0.25) is 0 Å². The Bertz CT molecular complexity index is 143. The zero-order chi connectivity index (χ0) is 6.69. The SMILES string of the molecule is CCC1CCC(=C=O)C1. The molecule has 0 radical (unpaired) electrons. The molecule has 9 heavy (non-hydrogen) atoms. The second-order valence-corrected chi connectivity index (χ2v) is 2.72. The van der Waals surface area contributed by atoms with Gasteiger partial charge in [0.1, 0.15) is 5.94 Å². The summed E-state index contributed by atoms with van der Waals surface area (Å²) < 4.78 is 0. The smallest absolute Gasteiger partial charge is 0.123 e. The Morgan fingerprint density at radius 2 is 2.56 bits per heavy atom. The minimum absolute atomic E-state index is 0.779. The van der Waals surface area contributed by atoms with Crippen LogP contribution in [-0.4, -0.2) is 5.94 Å². The van der Waals surface area contributed by atoms with E-state index in [0.717, 1.165) is 24.3 Å². The Kier molecular flexibility index (Phi) is 2.07. The van der Waals surface area contributed by atoms with Gasteiger partial charge in [0.15, 0.2) is 0 Å². The van der Waals surface area contributed by atoms with Gasteiger partial charge in [-0.25, -0.2) is 4.79 Å². The van der Waals surface area contributed by atoms with Gasteiger partial charge in [-0.2, -0.15) is 0 Å². The topological polar surface area (TPSA) is 17.1 Å². The highest BCUT2D eigenvalue weighted by Gasteiger charge is 2.17. The van der Waals surface area contributed by atoms with Crippen molar-refractivity contribution in [3.63, 3.8) is 0 Å². The van der Waals surface area contributed by atoms with Gasteiger partial charge in [-0.05, 0) is 25.2 Å².